The highest BCUT2D eigenvalue weighted by Crippen LogP contribution is 2.15. The summed E-state index contributed by atoms with van der Waals surface area (Å²) in [5.41, 5.74) is 1.16. The van der Waals surface area contributed by atoms with Crippen molar-refractivity contribution in [3.63, 3.8) is 0 Å². The van der Waals surface area contributed by atoms with Crippen LogP contribution in [0.25, 0.3) is 0 Å². The molecule has 0 aliphatic carbocycles. The van der Waals surface area contributed by atoms with Crippen molar-refractivity contribution in [3.05, 3.63) is 30.3 Å². The number of nitrogens with zero attached hydrogens (tertiary/aromatic N) is 3. The monoisotopic (exact) mass is 358 g/mol. The zero-order chi connectivity index (χ0) is 18.5. The lowest BCUT2D eigenvalue weighted by Gasteiger charge is -2.37. The van der Waals surface area contributed by atoms with Gasteiger partial charge in [0.1, 0.15) is 11.8 Å². The van der Waals surface area contributed by atoms with E-state index in [0.29, 0.717) is 39.0 Å². The van der Waals surface area contributed by atoms with Gasteiger partial charge in [0.05, 0.1) is 0 Å². The number of carbonyl (C=O) groups is 3. The SMILES string of the molecule is C[C@@H](NC(=O)N1CCN(c2ccccc2)CC1)C(=O)N1CCC(=O)CC1. The number of piperidine rings is 1. The van der Waals surface area contributed by atoms with E-state index < -0.39 is 6.04 Å². The summed E-state index contributed by atoms with van der Waals surface area (Å²) in [6.45, 7) is 5.40. The predicted octanol–water partition coefficient (Wildman–Crippen LogP) is 1.10. The number of rotatable bonds is 3. The van der Waals surface area contributed by atoms with Crippen molar-refractivity contribution in [2.75, 3.05) is 44.2 Å². The summed E-state index contributed by atoms with van der Waals surface area (Å²) in [5.74, 6) is 0.0794. The van der Waals surface area contributed by atoms with Crippen molar-refractivity contribution in [2.45, 2.75) is 25.8 Å². The van der Waals surface area contributed by atoms with E-state index >= 15 is 0 Å². The first-order valence-corrected chi connectivity index (χ1v) is 9.20. The fourth-order valence-corrected chi connectivity index (χ4v) is 3.40. The maximum atomic E-state index is 12.5. The molecule has 2 heterocycles. The van der Waals surface area contributed by atoms with Crippen molar-refractivity contribution in [1.82, 2.24) is 15.1 Å². The molecule has 1 aromatic rings. The van der Waals surface area contributed by atoms with Gasteiger partial charge in [0, 0.05) is 57.8 Å². The van der Waals surface area contributed by atoms with Gasteiger partial charge in [0.2, 0.25) is 5.91 Å². The van der Waals surface area contributed by atoms with Crippen LogP contribution in [0.1, 0.15) is 19.8 Å². The van der Waals surface area contributed by atoms with Gasteiger partial charge in [-0.25, -0.2) is 4.79 Å². The Labute approximate surface area is 153 Å². The Morgan fingerprint density at radius 1 is 0.923 bits per heavy atom. The number of Topliss-reactive ketones (excluding diaryl/α,β-unsaturated/α-hetero) is 1. The molecular formula is C19H26N4O3. The van der Waals surface area contributed by atoms with Crippen LogP contribution in [-0.2, 0) is 9.59 Å². The smallest absolute Gasteiger partial charge is 0.318 e. The Bertz CT molecular complexity index is 646. The zero-order valence-electron chi connectivity index (χ0n) is 15.2. The third kappa shape index (κ3) is 4.33. The number of piperazine rings is 1. The summed E-state index contributed by atoms with van der Waals surface area (Å²) in [6.07, 6.45) is 0.821. The number of ketones is 1. The van der Waals surface area contributed by atoms with Crippen LogP contribution in [0.2, 0.25) is 0 Å². The van der Waals surface area contributed by atoms with Gasteiger partial charge in [-0.1, -0.05) is 18.2 Å². The maximum absolute atomic E-state index is 12.5. The molecule has 0 unspecified atom stereocenters. The van der Waals surface area contributed by atoms with Crippen molar-refractivity contribution in [2.24, 2.45) is 0 Å². The number of nitrogens with one attached hydrogen (secondary N) is 1. The third-order valence-electron chi connectivity index (χ3n) is 5.03. The van der Waals surface area contributed by atoms with Crippen LogP contribution in [0.15, 0.2) is 30.3 Å². The number of likely N-dealkylation sites (tertiary alicyclic amines) is 1. The van der Waals surface area contributed by atoms with Crippen molar-refractivity contribution < 1.29 is 14.4 Å². The number of anilines is 1. The summed E-state index contributed by atoms with van der Waals surface area (Å²) in [4.78, 5) is 41.9. The van der Waals surface area contributed by atoms with Gasteiger partial charge in [-0.3, -0.25) is 9.59 Å². The Morgan fingerprint density at radius 3 is 2.15 bits per heavy atom. The summed E-state index contributed by atoms with van der Waals surface area (Å²) < 4.78 is 0. The summed E-state index contributed by atoms with van der Waals surface area (Å²) >= 11 is 0. The predicted molar refractivity (Wildman–Crippen MR) is 99.0 cm³/mol. The average molecular weight is 358 g/mol. The van der Waals surface area contributed by atoms with Gasteiger partial charge in [-0.05, 0) is 19.1 Å². The summed E-state index contributed by atoms with van der Waals surface area (Å²) in [7, 11) is 0. The molecule has 140 valence electrons. The zero-order valence-corrected chi connectivity index (χ0v) is 15.2. The van der Waals surface area contributed by atoms with Crippen molar-refractivity contribution in [1.29, 1.82) is 0 Å². The molecule has 1 N–H and O–H groups in total. The van der Waals surface area contributed by atoms with E-state index in [-0.39, 0.29) is 17.7 Å². The molecule has 0 aromatic heterocycles. The molecule has 3 rings (SSSR count). The first kappa shape index (κ1) is 18.2. The molecule has 2 fully saturated rings. The molecule has 26 heavy (non-hydrogen) atoms. The highest BCUT2D eigenvalue weighted by atomic mass is 16.2. The largest absolute Gasteiger partial charge is 0.368 e. The second-order valence-electron chi connectivity index (χ2n) is 6.84. The van der Waals surface area contributed by atoms with Gasteiger partial charge < -0.3 is 20.0 Å². The number of benzene rings is 1. The van der Waals surface area contributed by atoms with Crippen LogP contribution < -0.4 is 10.2 Å². The van der Waals surface area contributed by atoms with Gasteiger partial charge >= 0.3 is 6.03 Å². The highest BCUT2D eigenvalue weighted by molar-refractivity contribution is 5.88. The second-order valence-corrected chi connectivity index (χ2v) is 6.84. The molecule has 2 saturated heterocycles. The molecule has 0 saturated carbocycles. The standard InChI is InChI=1S/C19H26N4O3/c1-15(18(25)22-9-7-17(24)8-10-22)20-19(26)23-13-11-21(12-14-23)16-5-3-2-4-6-16/h2-6,15H,7-14H2,1H3,(H,20,26)/t15-/m1/s1. The number of amides is 3. The topological polar surface area (TPSA) is 73.0 Å². The number of urea groups is 1. The lowest BCUT2D eigenvalue weighted by Crippen LogP contribution is -2.56. The fourth-order valence-electron chi connectivity index (χ4n) is 3.40. The molecule has 1 aromatic carbocycles. The van der Waals surface area contributed by atoms with Crippen molar-refractivity contribution in [3.8, 4) is 0 Å². The van der Waals surface area contributed by atoms with Gasteiger partial charge in [-0.15, -0.1) is 0 Å². The first-order chi connectivity index (χ1) is 12.5. The van der Waals surface area contributed by atoms with E-state index in [1.54, 1.807) is 16.7 Å². The summed E-state index contributed by atoms with van der Waals surface area (Å²) in [5, 5.41) is 2.80. The quantitative estimate of drug-likeness (QED) is 0.878. The Hall–Kier alpha value is -2.57. The Balaban J connectivity index is 1.46. The van der Waals surface area contributed by atoms with E-state index in [0.717, 1.165) is 18.8 Å². The molecule has 1 atom stereocenters. The molecule has 0 bridgehead atoms. The van der Waals surface area contributed by atoms with E-state index in [9.17, 15) is 14.4 Å². The number of para-hydroxylation sites is 1. The van der Waals surface area contributed by atoms with E-state index in [1.165, 1.54) is 0 Å². The lowest BCUT2D eigenvalue weighted by atomic mass is 10.1. The second kappa shape index (κ2) is 8.21. The Morgan fingerprint density at radius 2 is 1.54 bits per heavy atom. The third-order valence-corrected chi connectivity index (χ3v) is 5.03. The van der Waals surface area contributed by atoms with Gasteiger partial charge in [0.15, 0.2) is 0 Å². The molecule has 7 heteroatoms. The van der Waals surface area contributed by atoms with Crippen LogP contribution >= 0.6 is 0 Å². The minimum Gasteiger partial charge on any atom is -0.368 e. The van der Waals surface area contributed by atoms with E-state index in [2.05, 4.69) is 22.3 Å². The van der Waals surface area contributed by atoms with Crippen LogP contribution in [0.3, 0.4) is 0 Å². The van der Waals surface area contributed by atoms with Crippen molar-refractivity contribution >= 4 is 23.4 Å². The molecule has 0 radical (unpaired) electrons. The normalized spacial score (nSPS) is 19.3. The Kier molecular flexibility index (Phi) is 5.75. The highest BCUT2D eigenvalue weighted by Gasteiger charge is 2.28. The van der Waals surface area contributed by atoms with Gasteiger partial charge in [-0.2, -0.15) is 0 Å². The minimum atomic E-state index is -0.581. The molecule has 0 spiro atoms. The fraction of sp³-hybridized carbons (Fsp3) is 0.526. The minimum absolute atomic E-state index is 0.117. The first-order valence-electron chi connectivity index (χ1n) is 9.20. The van der Waals surface area contributed by atoms with Crippen LogP contribution in [0.5, 0.6) is 0 Å². The van der Waals surface area contributed by atoms with E-state index in [4.69, 9.17) is 0 Å². The summed E-state index contributed by atoms with van der Waals surface area (Å²) in [6, 6.07) is 9.37. The maximum Gasteiger partial charge on any atom is 0.318 e. The van der Waals surface area contributed by atoms with Crippen LogP contribution in [0.4, 0.5) is 10.5 Å². The molecular weight excluding hydrogens is 332 g/mol. The van der Waals surface area contributed by atoms with Gasteiger partial charge in [0.25, 0.3) is 0 Å². The number of carbonyl (C=O) groups excluding carboxylic acids is 3. The number of hydrogen-bond donors (Lipinski definition) is 1. The molecule has 2 aliphatic rings. The molecule has 3 amide bonds. The van der Waals surface area contributed by atoms with E-state index in [1.807, 2.05) is 18.2 Å². The van der Waals surface area contributed by atoms with Crippen LogP contribution in [-0.4, -0.2) is 72.8 Å². The lowest BCUT2D eigenvalue weighted by molar-refractivity contribution is -0.135. The molecule has 2 aliphatic heterocycles. The molecule has 7 nitrogen and oxygen atoms in total. The average Bonchev–Trinajstić information content (AvgIpc) is 2.68. The van der Waals surface area contributed by atoms with Crippen LogP contribution in [0, 0.1) is 0 Å². The number of hydrogen-bond acceptors (Lipinski definition) is 4.